The van der Waals surface area contributed by atoms with E-state index in [2.05, 4.69) is 6.92 Å². The molecule has 0 radical (unpaired) electrons. The third-order valence-electron chi connectivity index (χ3n) is 3.53. The second-order valence-electron chi connectivity index (χ2n) is 5.12. The number of methoxy groups -OCH3 is 2. The van der Waals surface area contributed by atoms with Crippen LogP contribution in [0.1, 0.15) is 71.6 Å². The van der Waals surface area contributed by atoms with E-state index in [1.165, 1.54) is 44.9 Å². The van der Waals surface area contributed by atoms with Gasteiger partial charge >= 0.3 is 0 Å². The standard InChI is InChI=1S/C16H34O3/c1-5-7-8-9-10-11-12-13-15(17-3)14-16(18-4)19-6-2/h15-16H,5-14H2,1-4H3/t15-,16+/m1/s1. The molecule has 0 aliphatic carbocycles. The molecule has 0 saturated carbocycles. The molecule has 0 aromatic heterocycles. The fraction of sp³-hybridized carbons (Fsp3) is 1.00. The van der Waals surface area contributed by atoms with E-state index >= 15 is 0 Å². The monoisotopic (exact) mass is 274 g/mol. The summed E-state index contributed by atoms with van der Waals surface area (Å²) < 4.78 is 16.3. The van der Waals surface area contributed by atoms with Crippen molar-refractivity contribution in [1.29, 1.82) is 0 Å². The molecule has 2 atom stereocenters. The van der Waals surface area contributed by atoms with Gasteiger partial charge in [0.15, 0.2) is 6.29 Å². The highest BCUT2D eigenvalue weighted by Gasteiger charge is 2.15. The minimum Gasteiger partial charge on any atom is -0.381 e. The summed E-state index contributed by atoms with van der Waals surface area (Å²) in [6, 6.07) is 0. The molecule has 0 fully saturated rings. The fourth-order valence-corrected chi connectivity index (χ4v) is 2.29. The van der Waals surface area contributed by atoms with Crippen LogP contribution >= 0.6 is 0 Å². The Bertz CT molecular complexity index is 173. The Kier molecular flexibility index (Phi) is 14.2. The molecule has 116 valence electrons. The molecular weight excluding hydrogens is 240 g/mol. The van der Waals surface area contributed by atoms with Crippen LogP contribution in [0.3, 0.4) is 0 Å². The molecule has 0 N–H and O–H groups in total. The maximum atomic E-state index is 5.51. The van der Waals surface area contributed by atoms with Crippen molar-refractivity contribution in [3.63, 3.8) is 0 Å². The van der Waals surface area contributed by atoms with E-state index in [1.54, 1.807) is 14.2 Å². The van der Waals surface area contributed by atoms with Gasteiger partial charge in [0.25, 0.3) is 0 Å². The maximum Gasteiger partial charge on any atom is 0.159 e. The normalized spacial score (nSPS) is 14.5. The number of unbranched alkanes of at least 4 members (excludes halogenated alkanes) is 6. The van der Waals surface area contributed by atoms with Gasteiger partial charge in [-0.15, -0.1) is 0 Å². The minimum absolute atomic E-state index is 0.125. The Morgan fingerprint density at radius 3 is 1.95 bits per heavy atom. The predicted octanol–water partition coefficient (Wildman–Crippen LogP) is 4.54. The Morgan fingerprint density at radius 2 is 1.42 bits per heavy atom. The summed E-state index contributed by atoms with van der Waals surface area (Å²) in [4.78, 5) is 0. The van der Waals surface area contributed by atoms with Gasteiger partial charge in [0.05, 0.1) is 6.10 Å². The van der Waals surface area contributed by atoms with Crippen molar-refractivity contribution in [2.75, 3.05) is 20.8 Å². The van der Waals surface area contributed by atoms with Crippen LogP contribution in [-0.4, -0.2) is 33.2 Å². The highest BCUT2D eigenvalue weighted by molar-refractivity contribution is 4.61. The summed E-state index contributed by atoms with van der Waals surface area (Å²) in [6.07, 6.45) is 11.5. The molecule has 3 nitrogen and oxygen atoms in total. The van der Waals surface area contributed by atoms with Crippen molar-refractivity contribution in [1.82, 2.24) is 0 Å². The second kappa shape index (κ2) is 14.3. The highest BCUT2D eigenvalue weighted by Crippen LogP contribution is 2.15. The molecule has 3 heteroatoms. The largest absolute Gasteiger partial charge is 0.381 e. The van der Waals surface area contributed by atoms with Gasteiger partial charge < -0.3 is 14.2 Å². The molecule has 0 heterocycles. The summed E-state index contributed by atoms with van der Waals surface area (Å²) in [5, 5.41) is 0. The van der Waals surface area contributed by atoms with E-state index in [9.17, 15) is 0 Å². The van der Waals surface area contributed by atoms with Crippen molar-refractivity contribution in [3.8, 4) is 0 Å². The lowest BCUT2D eigenvalue weighted by molar-refractivity contribution is -0.141. The lowest BCUT2D eigenvalue weighted by Crippen LogP contribution is -2.24. The third-order valence-corrected chi connectivity index (χ3v) is 3.53. The van der Waals surface area contributed by atoms with E-state index in [4.69, 9.17) is 14.2 Å². The molecule has 0 rings (SSSR count). The zero-order valence-electron chi connectivity index (χ0n) is 13.5. The molecule has 0 saturated heterocycles. The average molecular weight is 274 g/mol. The van der Waals surface area contributed by atoms with Gasteiger partial charge in [0.2, 0.25) is 0 Å². The van der Waals surface area contributed by atoms with Gasteiger partial charge in [-0.25, -0.2) is 0 Å². The van der Waals surface area contributed by atoms with Gasteiger partial charge in [-0.2, -0.15) is 0 Å². The van der Waals surface area contributed by atoms with Gasteiger partial charge in [-0.05, 0) is 13.3 Å². The van der Waals surface area contributed by atoms with E-state index < -0.39 is 0 Å². The number of hydrogen-bond acceptors (Lipinski definition) is 3. The van der Waals surface area contributed by atoms with E-state index in [0.717, 1.165) is 12.8 Å². The molecule has 19 heavy (non-hydrogen) atoms. The first-order chi connectivity index (χ1) is 9.28. The molecular formula is C16H34O3. The van der Waals surface area contributed by atoms with E-state index in [0.29, 0.717) is 6.61 Å². The smallest absolute Gasteiger partial charge is 0.159 e. The minimum atomic E-state index is -0.125. The van der Waals surface area contributed by atoms with Crippen molar-refractivity contribution in [3.05, 3.63) is 0 Å². The van der Waals surface area contributed by atoms with Crippen LogP contribution in [0.2, 0.25) is 0 Å². The first-order valence-corrected chi connectivity index (χ1v) is 7.95. The lowest BCUT2D eigenvalue weighted by atomic mass is 10.0. The van der Waals surface area contributed by atoms with Crippen LogP contribution in [0.15, 0.2) is 0 Å². The molecule has 0 unspecified atom stereocenters. The van der Waals surface area contributed by atoms with Gasteiger partial charge in [0.1, 0.15) is 0 Å². The van der Waals surface area contributed by atoms with Crippen molar-refractivity contribution >= 4 is 0 Å². The summed E-state index contributed by atoms with van der Waals surface area (Å²) in [5.41, 5.74) is 0. The molecule has 0 aromatic rings. The average Bonchev–Trinajstić information content (AvgIpc) is 2.44. The zero-order valence-corrected chi connectivity index (χ0v) is 13.5. The van der Waals surface area contributed by atoms with Crippen LogP contribution < -0.4 is 0 Å². The summed E-state index contributed by atoms with van der Waals surface area (Å²) in [7, 11) is 3.48. The number of hydrogen-bond donors (Lipinski definition) is 0. The van der Waals surface area contributed by atoms with Gasteiger partial charge in [-0.3, -0.25) is 0 Å². The molecule has 0 bridgehead atoms. The Hall–Kier alpha value is -0.120. The third kappa shape index (κ3) is 11.4. The van der Waals surface area contributed by atoms with Crippen molar-refractivity contribution < 1.29 is 14.2 Å². The quantitative estimate of drug-likeness (QED) is 0.344. The highest BCUT2D eigenvalue weighted by atomic mass is 16.7. The molecule has 0 amide bonds. The SMILES string of the molecule is CCCCCCCCC[C@H](C[C@@H](OC)OCC)OC. The lowest BCUT2D eigenvalue weighted by Gasteiger charge is -2.21. The van der Waals surface area contributed by atoms with Crippen LogP contribution in [0.25, 0.3) is 0 Å². The molecule has 0 aromatic carbocycles. The van der Waals surface area contributed by atoms with Crippen molar-refractivity contribution in [2.45, 2.75) is 84.0 Å². The maximum absolute atomic E-state index is 5.51. The predicted molar refractivity (Wildman–Crippen MR) is 80.4 cm³/mol. The zero-order chi connectivity index (χ0) is 14.3. The first kappa shape index (κ1) is 18.9. The summed E-state index contributed by atoms with van der Waals surface area (Å²) in [5.74, 6) is 0. The number of ether oxygens (including phenoxy) is 3. The van der Waals surface area contributed by atoms with Crippen LogP contribution in [-0.2, 0) is 14.2 Å². The second-order valence-corrected chi connectivity index (χ2v) is 5.12. The molecule has 0 aliphatic rings. The van der Waals surface area contributed by atoms with Crippen molar-refractivity contribution in [2.24, 2.45) is 0 Å². The van der Waals surface area contributed by atoms with E-state index in [-0.39, 0.29) is 12.4 Å². The van der Waals surface area contributed by atoms with E-state index in [1.807, 2.05) is 6.92 Å². The van der Waals surface area contributed by atoms with Gasteiger partial charge in [0, 0.05) is 27.2 Å². The Balaban J connectivity index is 3.58. The molecule has 0 spiro atoms. The van der Waals surface area contributed by atoms with Crippen LogP contribution in [0.5, 0.6) is 0 Å². The van der Waals surface area contributed by atoms with Gasteiger partial charge in [-0.1, -0.05) is 51.9 Å². The molecule has 0 aliphatic heterocycles. The summed E-state index contributed by atoms with van der Waals surface area (Å²) >= 11 is 0. The summed E-state index contributed by atoms with van der Waals surface area (Å²) in [6.45, 7) is 4.93. The van der Waals surface area contributed by atoms with Crippen LogP contribution in [0, 0.1) is 0 Å². The Morgan fingerprint density at radius 1 is 0.789 bits per heavy atom. The number of rotatable bonds is 14. The first-order valence-electron chi connectivity index (χ1n) is 7.95. The van der Waals surface area contributed by atoms with Crippen LogP contribution in [0.4, 0.5) is 0 Å². The topological polar surface area (TPSA) is 27.7 Å². The fourth-order valence-electron chi connectivity index (χ4n) is 2.29. The Labute approximate surface area is 120 Å².